The molecule has 3 saturated heterocycles. The van der Waals surface area contributed by atoms with Crippen LogP contribution in [0, 0.1) is 12.8 Å². The minimum absolute atomic E-state index is 0.00121. The van der Waals surface area contributed by atoms with Gasteiger partial charge in [-0.2, -0.15) is 0 Å². The number of likely N-dealkylation sites (tertiary alicyclic amines) is 2. The van der Waals surface area contributed by atoms with Crippen molar-refractivity contribution in [3.05, 3.63) is 29.8 Å². The number of hydrogen-bond acceptors (Lipinski definition) is 4. The van der Waals surface area contributed by atoms with Crippen molar-refractivity contribution in [2.24, 2.45) is 5.92 Å². The molecule has 1 unspecified atom stereocenters. The number of anilines is 1. The average Bonchev–Trinajstić information content (AvgIpc) is 2.74. The number of carbonyl (C=O) groups is 2. The van der Waals surface area contributed by atoms with E-state index in [1.807, 2.05) is 4.90 Å². The average molecular weight is 400 g/mol. The zero-order valence-corrected chi connectivity index (χ0v) is 17.9. The van der Waals surface area contributed by atoms with Crippen molar-refractivity contribution >= 4 is 17.5 Å². The van der Waals surface area contributed by atoms with Gasteiger partial charge in [-0.3, -0.25) is 9.59 Å². The lowest BCUT2D eigenvalue weighted by Gasteiger charge is -2.62. The lowest BCUT2D eigenvalue weighted by atomic mass is 9.73. The van der Waals surface area contributed by atoms with Gasteiger partial charge in [-0.05, 0) is 44.7 Å². The Balaban J connectivity index is 1.39. The van der Waals surface area contributed by atoms with Gasteiger partial charge in [-0.15, -0.1) is 0 Å². The molecule has 0 bridgehead atoms. The van der Waals surface area contributed by atoms with Crippen LogP contribution in [-0.2, 0) is 14.3 Å². The summed E-state index contributed by atoms with van der Waals surface area (Å²) in [5, 5.41) is 0. The van der Waals surface area contributed by atoms with Crippen LogP contribution in [0.1, 0.15) is 38.2 Å². The van der Waals surface area contributed by atoms with E-state index in [9.17, 15) is 9.59 Å². The Bertz CT molecular complexity index is 747. The Morgan fingerprint density at radius 1 is 1.00 bits per heavy atom. The number of hydrogen-bond donors (Lipinski definition) is 0. The van der Waals surface area contributed by atoms with Gasteiger partial charge in [0.1, 0.15) is 0 Å². The van der Waals surface area contributed by atoms with Crippen LogP contribution in [0.25, 0.3) is 0 Å². The van der Waals surface area contributed by atoms with Crippen molar-refractivity contribution in [2.75, 3.05) is 44.7 Å². The van der Waals surface area contributed by atoms with Crippen molar-refractivity contribution in [1.82, 2.24) is 9.80 Å². The fraction of sp³-hybridized carbons (Fsp3) is 0.652. The molecule has 1 aromatic rings. The van der Waals surface area contributed by atoms with Crippen LogP contribution >= 0.6 is 0 Å². The number of nitrogens with zero attached hydrogens (tertiary/aromatic N) is 3. The maximum Gasteiger partial charge on any atom is 0.225 e. The molecule has 3 aliphatic rings. The van der Waals surface area contributed by atoms with Crippen LogP contribution in [0.2, 0.25) is 0 Å². The molecule has 0 saturated carbocycles. The molecule has 4 rings (SSSR count). The molecule has 6 nitrogen and oxygen atoms in total. The molecule has 3 aliphatic heterocycles. The van der Waals surface area contributed by atoms with Crippen LogP contribution in [-0.4, -0.2) is 73.1 Å². The van der Waals surface area contributed by atoms with E-state index in [0.717, 1.165) is 45.3 Å². The number of rotatable bonds is 3. The van der Waals surface area contributed by atoms with Crippen molar-refractivity contribution in [3.63, 3.8) is 0 Å². The third-order valence-electron chi connectivity index (χ3n) is 7.35. The van der Waals surface area contributed by atoms with Crippen LogP contribution in [0.3, 0.4) is 0 Å². The molecule has 1 spiro atoms. The van der Waals surface area contributed by atoms with Crippen molar-refractivity contribution in [1.29, 1.82) is 0 Å². The third-order valence-corrected chi connectivity index (χ3v) is 7.35. The number of amides is 2. The molecule has 3 heterocycles. The summed E-state index contributed by atoms with van der Waals surface area (Å²) < 4.78 is 5.82. The molecule has 6 heteroatoms. The van der Waals surface area contributed by atoms with E-state index in [0.29, 0.717) is 13.1 Å². The quantitative estimate of drug-likeness (QED) is 0.784. The molecule has 2 amide bonds. The molecule has 1 atom stereocenters. The summed E-state index contributed by atoms with van der Waals surface area (Å²) in [7, 11) is 1.80. The van der Waals surface area contributed by atoms with Gasteiger partial charge in [0.15, 0.2) is 0 Å². The topological polar surface area (TPSA) is 53.1 Å². The largest absolute Gasteiger partial charge is 0.377 e. The zero-order valence-electron chi connectivity index (χ0n) is 17.9. The molecular weight excluding hydrogens is 366 g/mol. The number of ether oxygens (including phenoxy) is 1. The summed E-state index contributed by atoms with van der Waals surface area (Å²) in [5.74, 6) is 0.452. The van der Waals surface area contributed by atoms with Gasteiger partial charge in [-0.1, -0.05) is 17.7 Å². The van der Waals surface area contributed by atoms with Crippen LogP contribution in [0.15, 0.2) is 24.3 Å². The zero-order chi connectivity index (χ0) is 20.6. The highest BCUT2D eigenvalue weighted by atomic mass is 16.5. The first kappa shape index (κ1) is 20.2. The summed E-state index contributed by atoms with van der Waals surface area (Å²) in [4.78, 5) is 31.0. The highest BCUT2D eigenvalue weighted by Crippen LogP contribution is 2.45. The molecule has 0 aliphatic carbocycles. The molecule has 3 fully saturated rings. The second kappa shape index (κ2) is 7.98. The minimum Gasteiger partial charge on any atom is -0.377 e. The molecule has 1 aromatic carbocycles. The lowest BCUT2D eigenvalue weighted by Crippen LogP contribution is -2.74. The second-order valence-corrected chi connectivity index (χ2v) is 8.88. The van der Waals surface area contributed by atoms with Gasteiger partial charge in [0, 0.05) is 58.4 Å². The van der Waals surface area contributed by atoms with E-state index in [-0.39, 0.29) is 29.4 Å². The number of methoxy groups -OCH3 is 1. The van der Waals surface area contributed by atoms with E-state index in [1.165, 1.54) is 11.3 Å². The molecule has 29 heavy (non-hydrogen) atoms. The monoisotopic (exact) mass is 399 g/mol. The van der Waals surface area contributed by atoms with Gasteiger partial charge in [0.05, 0.1) is 11.6 Å². The smallest absolute Gasteiger partial charge is 0.225 e. The van der Waals surface area contributed by atoms with Crippen LogP contribution in [0.5, 0.6) is 0 Å². The number of benzene rings is 1. The summed E-state index contributed by atoms with van der Waals surface area (Å²) in [6, 6.07) is 8.72. The standard InChI is InChI=1S/C23H33N3O3/c1-17-4-6-20(7-5-17)26-16-21(29-3)23(26)10-14-25(15-11-23)22(28)19-8-12-24(13-9-19)18(2)27/h4-7,19,21H,8-16H2,1-3H3. The summed E-state index contributed by atoms with van der Waals surface area (Å²) in [6.07, 6.45) is 3.68. The SMILES string of the molecule is COC1CN(c2ccc(C)cc2)C12CCN(C(=O)C1CCN(C(C)=O)CC1)CC2. The van der Waals surface area contributed by atoms with Crippen molar-refractivity contribution in [2.45, 2.75) is 51.2 Å². The maximum absolute atomic E-state index is 13.1. The van der Waals surface area contributed by atoms with E-state index in [4.69, 9.17) is 4.74 Å². The van der Waals surface area contributed by atoms with E-state index in [2.05, 4.69) is 41.0 Å². The fourth-order valence-electron chi connectivity index (χ4n) is 5.37. The van der Waals surface area contributed by atoms with E-state index < -0.39 is 0 Å². The van der Waals surface area contributed by atoms with Crippen LogP contribution < -0.4 is 4.90 Å². The minimum atomic E-state index is -0.00121. The van der Waals surface area contributed by atoms with Gasteiger partial charge in [0.2, 0.25) is 11.8 Å². The van der Waals surface area contributed by atoms with Gasteiger partial charge in [-0.25, -0.2) is 0 Å². The predicted molar refractivity (Wildman–Crippen MR) is 113 cm³/mol. The van der Waals surface area contributed by atoms with Crippen molar-refractivity contribution < 1.29 is 14.3 Å². The van der Waals surface area contributed by atoms with E-state index >= 15 is 0 Å². The van der Waals surface area contributed by atoms with Gasteiger partial charge < -0.3 is 19.4 Å². The number of carbonyl (C=O) groups excluding carboxylic acids is 2. The second-order valence-electron chi connectivity index (χ2n) is 8.88. The van der Waals surface area contributed by atoms with Crippen LogP contribution in [0.4, 0.5) is 5.69 Å². The van der Waals surface area contributed by atoms with E-state index in [1.54, 1.807) is 14.0 Å². The Hall–Kier alpha value is -2.08. The number of aryl methyl sites for hydroxylation is 1. The van der Waals surface area contributed by atoms with Crippen molar-refractivity contribution in [3.8, 4) is 0 Å². The Labute approximate surface area is 173 Å². The normalized spacial score (nSPS) is 24.5. The molecule has 0 N–H and O–H groups in total. The van der Waals surface area contributed by atoms with Gasteiger partial charge in [0.25, 0.3) is 0 Å². The molecule has 0 aromatic heterocycles. The Morgan fingerprint density at radius 2 is 1.62 bits per heavy atom. The Kier molecular flexibility index (Phi) is 5.56. The first-order valence-corrected chi connectivity index (χ1v) is 10.9. The summed E-state index contributed by atoms with van der Waals surface area (Å²) >= 11 is 0. The lowest BCUT2D eigenvalue weighted by molar-refractivity contribution is -0.143. The highest BCUT2D eigenvalue weighted by Gasteiger charge is 2.55. The Morgan fingerprint density at radius 3 is 2.17 bits per heavy atom. The molecular formula is C23H33N3O3. The molecule has 158 valence electrons. The molecule has 0 radical (unpaired) electrons. The highest BCUT2D eigenvalue weighted by molar-refractivity contribution is 5.80. The number of piperidine rings is 2. The predicted octanol–water partition coefficient (Wildman–Crippen LogP) is 2.45. The third kappa shape index (κ3) is 3.63. The maximum atomic E-state index is 13.1. The summed E-state index contributed by atoms with van der Waals surface area (Å²) in [5.41, 5.74) is 2.52. The summed E-state index contributed by atoms with van der Waals surface area (Å²) in [6.45, 7) is 7.61. The first-order chi connectivity index (χ1) is 13.9. The van der Waals surface area contributed by atoms with Gasteiger partial charge >= 0.3 is 0 Å². The first-order valence-electron chi connectivity index (χ1n) is 10.9. The fourth-order valence-corrected chi connectivity index (χ4v) is 5.37.